The number of fused-ring (bicyclic) bond motifs is 1. The average Bonchev–Trinajstić information content (AvgIpc) is 3.33. The molecule has 2 aliphatic rings. The molecule has 0 bridgehead atoms. The molecule has 168 valence electrons. The summed E-state index contributed by atoms with van der Waals surface area (Å²) in [5.74, 6) is 2.56. The van der Waals surface area contributed by atoms with Crippen LogP contribution < -0.4 is 18.9 Å². The van der Waals surface area contributed by atoms with Crippen molar-refractivity contribution >= 4 is 11.6 Å². The molecule has 2 aliphatic heterocycles. The fourth-order valence-electron chi connectivity index (χ4n) is 4.05. The number of carbonyl (C=O) groups excluding carboxylic acids is 1. The molecule has 0 fully saturated rings. The molecule has 5 rings (SSSR count). The Balaban J connectivity index is 1.50. The van der Waals surface area contributed by atoms with E-state index in [-0.39, 0.29) is 11.9 Å². The Hall–Kier alpha value is -4.00. The third-order valence-electron chi connectivity index (χ3n) is 5.83. The van der Waals surface area contributed by atoms with Gasteiger partial charge in [0.25, 0.3) is 5.91 Å². The summed E-state index contributed by atoms with van der Waals surface area (Å²) in [5, 5.41) is 6.32. The highest BCUT2D eigenvalue weighted by Crippen LogP contribution is 2.37. The lowest BCUT2D eigenvalue weighted by atomic mass is 9.98. The van der Waals surface area contributed by atoms with Crippen LogP contribution in [0.5, 0.6) is 23.0 Å². The van der Waals surface area contributed by atoms with Crippen LogP contribution in [0, 0.1) is 0 Å². The van der Waals surface area contributed by atoms with Crippen LogP contribution in [0.3, 0.4) is 0 Å². The van der Waals surface area contributed by atoms with Crippen LogP contribution in [-0.4, -0.2) is 44.1 Å². The monoisotopic (exact) mass is 444 g/mol. The van der Waals surface area contributed by atoms with Gasteiger partial charge in [-0.25, -0.2) is 5.01 Å². The summed E-state index contributed by atoms with van der Waals surface area (Å²) >= 11 is 0. The first-order chi connectivity index (χ1) is 16.2. The zero-order chi connectivity index (χ0) is 22.8. The molecule has 1 unspecified atom stereocenters. The fraction of sp³-hybridized carbons (Fsp3) is 0.231. The normalized spacial score (nSPS) is 16.8. The number of amides is 1. The van der Waals surface area contributed by atoms with Crippen LogP contribution in [-0.2, 0) is 0 Å². The first-order valence-corrected chi connectivity index (χ1v) is 10.8. The summed E-state index contributed by atoms with van der Waals surface area (Å²) in [7, 11) is 3.27. The van der Waals surface area contributed by atoms with E-state index in [0.717, 1.165) is 28.3 Å². The number of methoxy groups -OCH3 is 2. The van der Waals surface area contributed by atoms with Gasteiger partial charge in [0.05, 0.1) is 26.0 Å². The Kier molecular flexibility index (Phi) is 5.60. The summed E-state index contributed by atoms with van der Waals surface area (Å²) in [4.78, 5) is 13.6. The molecule has 2 heterocycles. The van der Waals surface area contributed by atoms with Gasteiger partial charge >= 0.3 is 0 Å². The number of rotatable bonds is 5. The van der Waals surface area contributed by atoms with E-state index in [4.69, 9.17) is 24.0 Å². The minimum Gasteiger partial charge on any atom is -0.497 e. The quantitative estimate of drug-likeness (QED) is 0.581. The summed E-state index contributed by atoms with van der Waals surface area (Å²) < 4.78 is 21.8. The second kappa shape index (κ2) is 8.86. The number of ether oxygens (including phenoxy) is 4. The third kappa shape index (κ3) is 4.09. The molecule has 0 N–H and O–H groups in total. The SMILES string of the molecule is COc1ccc(C2=NN(C(=O)c3ccc4c(c3)OCCO4)C(c3ccc(OC)cc3)C2)cc1. The van der Waals surface area contributed by atoms with Gasteiger partial charge in [-0.1, -0.05) is 12.1 Å². The van der Waals surface area contributed by atoms with Crippen LogP contribution in [0.15, 0.2) is 71.8 Å². The van der Waals surface area contributed by atoms with Crippen molar-refractivity contribution in [1.29, 1.82) is 0 Å². The fourth-order valence-corrected chi connectivity index (χ4v) is 4.05. The molecule has 33 heavy (non-hydrogen) atoms. The highest BCUT2D eigenvalue weighted by atomic mass is 16.6. The predicted molar refractivity (Wildman–Crippen MR) is 123 cm³/mol. The molecule has 0 saturated heterocycles. The molecule has 3 aromatic rings. The minimum atomic E-state index is -0.242. The molecular weight excluding hydrogens is 420 g/mol. The van der Waals surface area contributed by atoms with Crippen LogP contribution in [0.2, 0.25) is 0 Å². The summed E-state index contributed by atoms with van der Waals surface area (Å²) in [5.41, 5.74) is 3.27. The van der Waals surface area contributed by atoms with Crippen molar-refractivity contribution < 1.29 is 23.7 Å². The van der Waals surface area contributed by atoms with E-state index in [0.29, 0.717) is 36.7 Å². The molecule has 0 aliphatic carbocycles. The van der Waals surface area contributed by atoms with Gasteiger partial charge in [0.1, 0.15) is 24.7 Å². The van der Waals surface area contributed by atoms with Crippen molar-refractivity contribution in [2.24, 2.45) is 5.10 Å². The number of hydrazone groups is 1. The predicted octanol–water partition coefficient (Wildman–Crippen LogP) is 4.47. The molecule has 0 radical (unpaired) electrons. The van der Waals surface area contributed by atoms with Crippen LogP contribution >= 0.6 is 0 Å². The van der Waals surface area contributed by atoms with Crippen LogP contribution in [0.4, 0.5) is 0 Å². The van der Waals surface area contributed by atoms with Crippen molar-refractivity contribution in [2.45, 2.75) is 12.5 Å². The maximum absolute atomic E-state index is 13.6. The largest absolute Gasteiger partial charge is 0.497 e. The Labute approximate surface area is 192 Å². The molecule has 1 amide bonds. The van der Waals surface area contributed by atoms with E-state index in [1.807, 2.05) is 48.5 Å². The van der Waals surface area contributed by atoms with Crippen molar-refractivity contribution in [2.75, 3.05) is 27.4 Å². The Morgan fingerprint density at radius 2 is 1.52 bits per heavy atom. The van der Waals surface area contributed by atoms with E-state index in [1.54, 1.807) is 37.4 Å². The first kappa shape index (κ1) is 20.9. The van der Waals surface area contributed by atoms with Gasteiger partial charge in [-0.05, 0) is 65.7 Å². The topological polar surface area (TPSA) is 69.6 Å². The Morgan fingerprint density at radius 3 is 2.18 bits per heavy atom. The average molecular weight is 444 g/mol. The molecule has 7 heteroatoms. The number of nitrogens with zero attached hydrogens (tertiary/aromatic N) is 2. The number of carbonyl (C=O) groups is 1. The molecule has 3 aromatic carbocycles. The standard InChI is InChI=1S/C26H24N2O5/c1-30-20-8-3-17(4-9-20)22-16-23(18-5-10-21(31-2)11-6-18)28(27-22)26(29)19-7-12-24-25(15-19)33-14-13-32-24/h3-12,15,23H,13-14,16H2,1-2H3. The highest BCUT2D eigenvalue weighted by Gasteiger charge is 2.34. The van der Waals surface area contributed by atoms with Gasteiger partial charge in [-0.2, -0.15) is 5.10 Å². The summed E-state index contributed by atoms with van der Waals surface area (Å²) in [6, 6.07) is 20.5. The van der Waals surface area contributed by atoms with Gasteiger partial charge in [0, 0.05) is 12.0 Å². The van der Waals surface area contributed by atoms with Crippen LogP contribution in [0.1, 0.15) is 33.9 Å². The summed E-state index contributed by atoms with van der Waals surface area (Å²) in [6.07, 6.45) is 0.592. The zero-order valence-corrected chi connectivity index (χ0v) is 18.5. The van der Waals surface area contributed by atoms with E-state index in [1.165, 1.54) is 0 Å². The molecular formula is C26H24N2O5. The number of benzene rings is 3. The second-order valence-corrected chi connectivity index (χ2v) is 7.78. The van der Waals surface area contributed by atoms with E-state index in [2.05, 4.69) is 0 Å². The zero-order valence-electron chi connectivity index (χ0n) is 18.5. The van der Waals surface area contributed by atoms with Gasteiger partial charge in [0.2, 0.25) is 0 Å². The first-order valence-electron chi connectivity index (χ1n) is 10.8. The van der Waals surface area contributed by atoms with Crippen molar-refractivity contribution in [1.82, 2.24) is 5.01 Å². The molecule has 0 saturated carbocycles. The maximum atomic E-state index is 13.6. The molecule has 0 aromatic heterocycles. The van der Waals surface area contributed by atoms with Gasteiger partial charge in [-0.15, -0.1) is 0 Å². The maximum Gasteiger partial charge on any atom is 0.274 e. The van der Waals surface area contributed by atoms with Crippen LogP contribution in [0.25, 0.3) is 0 Å². The number of hydrogen-bond donors (Lipinski definition) is 0. The van der Waals surface area contributed by atoms with Crippen molar-refractivity contribution in [3.8, 4) is 23.0 Å². The minimum absolute atomic E-state index is 0.198. The van der Waals surface area contributed by atoms with Gasteiger partial charge in [-0.3, -0.25) is 4.79 Å². The lowest BCUT2D eigenvalue weighted by Crippen LogP contribution is -2.27. The Bertz CT molecular complexity index is 1190. The lowest BCUT2D eigenvalue weighted by Gasteiger charge is -2.23. The van der Waals surface area contributed by atoms with Gasteiger partial charge < -0.3 is 18.9 Å². The van der Waals surface area contributed by atoms with E-state index < -0.39 is 0 Å². The molecule has 7 nitrogen and oxygen atoms in total. The third-order valence-corrected chi connectivity index (χ3v) is 5.83. The van der Waals surface area contributed by atoms with E-state index >= 15 is 0 Å². The highest BCUT2D eigenvalue weighted by molar-refractivity contribution is 6.05. The Morgan fingerprint density at radius 1 is 0.879 bits per heavy atom. The number of hydrogen-bond acceptors (Lipinski definition) is 6. The molecule has 0 spiro atoms. The lowest BCUT2D eigenvalue weighted by molar-refractivity contribution is 0.0710. The van der Waals surface area contributed by atoms with Crippen molar-refractivity contribution in [3.63, 3.8) is 0 Å². The van der Waals surface area contributed by atoms with E-state index in [9.17, 15) is 4.79 Å². The summed E-state index contributed by atoms with van der Waals surface area (Å²) in [6.45, 7) is 0.962. The smallest absolute Gasteiger partial charge is 0.274 e. The van der Waals surface area contributed by atoms with Crippen molar-refractivity contribution in [3.05, 3.63) is 83.4 Å². The molecule has 1 atom stereocenters. The van der Waals surface area contributed by atoms with Gasteiger partial charge in [0.15, 0.2) is 11.5 Å². The second-order valence-electron chi connectivity index (χ2n) is 7.78.